The standard InChI is InChI=1S/C14H24N4/c1-2-6-17-7-5-16-14(17)11-18-10-12-3-4-13(18)9-15-8-12/h5,7,12-13,15H,2-4,6,8-11H2,1H3/t12-,13+/m1/s1. The summed E-state index contributed by atoms with van der Waals surface area (Å²) in [6.45, 7) is 7.95. The maximum Gasteiger partial charge on any atom is 0.122 e. The Morgan fingerprint density at radius 1 is 1.39 bits per heavy atom. The van der Waals surface area contributed by atoms with Crippen LogP contribution in [0.1, 0.15) is 32.0 Å². The molecular formula is C14H24N4. The van der Waals surface area contributed by atoms with E-state index in [1.165, 1.54) is 38.2 Å². The molecule has 0 amide bonds. The molecule has 0 radical (unpaired) electrons. The second-order valence-corrected chi connectivity index (χ2v) is 5.72. The fourth-order valence-electron chi connectivity index (χ4n) is 3.35. The second kappa shape index (κ2) is 5.41. The Bertz CT molecular complexity index is 383. The molecule has 4 rings (SSSR count). The highest BCUT2D eigenvalue weighted by molar-refractivity contribution is 4.96. The highest BCUT2D eigenvalue weighted by Gasteiger charge is 2.31. The van der Waals surface area contributed by atoms with E-state index in [0.29, 0.717) is 0 Å². The molecule has 4 heteroatoms. The quantitative estimate of drug-likeness (QED) is 0.876. The zero-order valence-corrected chi connectivity index (χ0v) is 11.3. The Labute approximate surface area is 109 Å². The minimum absolute atomic E-state index is 0.718. The molecule has 2 bridgehead atoms. The highest BCUT2D eigenvalue weighted by Crippen LogP contribution is 2.25. The predicted octanol–water partition coefficient (Wildman–Crippen LogP) is 1.48. The van der Waals surface area contributed by atoms with Gasteiger partial charge in [0.25, 0.3) is 0 Å². The molecule has 18 heavy (non-hydrogen) atoms. The monoisotopic (exact) mass is 248 g/mol. The number of piperidine rings is 1. The summed E-state index contributed by atoms with van der Waals surface area (Å²) in [5, 5.41) is 3.59. The van der Waals surface area contributed by atoms with Crippen molar-refractivity contribution >= 4 is 0 Å². The van der Waals surface area contributed by atoms with E-state index in [1.807, 2.05) is 6.20 Å². The molecule has 1 N–H and O–H groups in total. The van der Waals surface area contributed by atoms with Gasteiger partial charge in [0.15, 0.2) is 0 Å². The Kier molecular flexibility index (Phi) is 3.66. The minimum Gasteiger partial charge on any atom is -0.334 e. The molecule has 0 saturated carbocycles. The van der Waals surface area contributed by atoms with E-state index in [4.69, 9.17) is 0 Å². The average Bonchev–Trinajstić information content (AvgIpc) is 2.61. The van der Waals surface area contributed by atoms with Gasteiger partial charge >= 0.3 is 0 Å². The third-order valence-electron chi connectivity index (χ3n) is 4.34. The van der Waals surface area contributed by atoms with Crippen LogP contribution in [0, 0.1) is 5.92 Å². The van der Waals surface area contributed by atoms with Crippen molar-refractivity contribution in [3.05, 3.63) is 18.2 Å². The lowest BCUT2D eigenvalue weighted by Gasteiger charge is -2.35. The Morgan fingerprint density at radius 2 is 2.33 bits per heavy atom. The van der Waals surface area contributed by atoms with Gasteiger partial charge in [0.05, 0.1) is 6.54 Å². The van der Waals surface area contributed by atoms with Crippen molar-refractivity contribution in [3.63, 3.8) is 0 Å². The average molecular weight is 248 g/mol. The van der Waals surface area contributed by atoms with E-state index < -0.39 is 0 Å². The highest BCUT2D eigenvalue weighted by atomic mass is 15.2. The normalized spacial score (nSPS) is 28.5. The number of nitrogens with one attached hydrogen (secondary N) is 1. The fourth-order valence-corrected chi connectivity index (χ4v) is 3.35. The molecule has 0 spiro atoms. The van der Waals surface area contributed by atoms with E-state index in [1.54, 1.807) is 0 Å². The maximum atomic E-state index is 4.54. The van der Waals surface area contributed by atoms with Gasteiger partial charge in [-0.15, -0.1) is 0 Å². The van der Waals surface area contributed by atoms with Gasteiger partial charge in [-0.25, -0.2) is 4.98 Å². The van der Waals surface area contributed by atoms with E-state index in [2.05, 4.69) is 32.9 Å². The first-order valence-corrected chi connectivity index (χ1v) is 7.31. The molecule has 3 saturated heterocycles. The van der Waals surface area contributed by atoms with Crippen LogP contribution in [0.2, 0.25) is 0 Å². The summed E-state index contributed by atoms with van der Waals surface area (Å²) in [6, 6.07) is 0.718. The van der Waals surface area contributed by atoms with Gasteiger partial charge in [-0.2, -0.15) is 0 Å². The van der Waals surface area contributed by atoms with Crippen LogP contribution in [0.3, 0.4) is 0 Å². The zero-order chi connectivity index (χ0) is 12.4. The van der Waals surface area contributed by atoms with Gasteiger partial charge in [-0.3, -0.25) is 4.90 Å². The number of hydrogen-bond acceptors (Lipinski definition) is 3. The predicted molar refractivity (Wildman–Crippen MR) is 72.3 cm³/mol. The van der Waals surface area contributed by atoms with Gasteiger partial charge in [-0.05, 0) is 31.7 Å². The number of rotatable bonds is 4. The molecule has 3 fully saturated rings. The molecule has 0 aliphatic carbocycles. The topological polar surface area (TPSA) is 33.1 Å². The van der Waals surface area contributed by atoms with Crippen molar-refractivity contribution < 1.29 is 0 Å². The third-order valence-corrected chi connectivity index (χ3v) is 4.34. The summed E-state index contributed by atoms with van der Waals surface area (Å²) in [4.78, 5) is 7.19. The van der Waals surface area contributed by atoms with Crippen LogP contribution < -0.4 is 5.32 Å². The molecule has 0 unspecified atom stereocenters. The lowest BCUT2D eigenvalue weighted by atomic mass is 9.95. The van der Waals surface area contributed by atoms with Crippen molar-refractivity contribution in [2.75, 3.05) is 19.6 Å². The largest absolute Gasteiger partial charge is 0.334 e. The van der Waals surface area contributed by atoms with Crippen molar-refractivity contribution in [2.24, 2.45) is 5.92 Å². The summed E-state index contributed by atoms with van der Waals surface area (Å²) in [7, 11) is 0. The fraction of sp³-hybridized carbons (Fsp3) is 0.786. The van der Waals surface area contributed by atoms with Crippen molar-refractivity contribution in [2.45, 2.75) is 45.3 Å². The first-order valence-electron chi connectivity index (χ1n) is 7.31. The molecule has 1 aromatic heterocycles. The summed E-state index contributed by atoms with van der Waals surface area (Å²) >= 11 is 0. The summed E-state index contributed by atoms with van der Waals surface area (Å²) < 4.78 is 2.31. The molecule has 2 atom stereocenters. The summed E-state index contributed by atoms with van der Waals surface area (Å²) in [6.07, 6.45) is 7.99. The SMILES string of the molecule is CCCn1ccnc1CN1C[C@@H]2CC[C@H]1CNC2. The Hall–Kier alpha value is -0.870. The lowest BCUT2D eigenvalue weighted by molar-refractivity contribution is 0.121. The van der Waals surface area contributed by atoms with Crippen LogP contribution in [0.25, 0.3) is 0 Å². The molecule has 1 aromatic rings. The third kappa shape index (κ3) is 2.45. The van der Waals surface area contributed by atoms with Crippen molar-refractivity contribution in [3.8, 4) is 0 Å². The number of nitrogens with zero attached hydrogens (tertiary/aromatic N) is 3. The van der Waals surface area contributed by atoms with E-state index in [-0.39, 0.29) is 0 Å². The Balaban J connectivity index is 1.70. The van der Waals surface area contributed by atoms with Gasteiger partial charge in [-0.1, -0.05) is 6.92 Å². The van der Waals surface area contributed by atoms with Gasteiger partial charge < -0.3 is 9.88 Å². The first kappa shape index (κ1) is 12.2. The number of imidazole rings is 1. The second-order valence-electron chi connectivity index (χ2n) is 5.72. The van der Waals surface area contributed by atoms with Crippen LogP contribution in [0.4, 0.5) is 0 Å². The maximum absolute atomic E-state index is 4.54. The Morgan fingerprint density at radius 3 is 3.22 bits per heavy atom. The van der Waals surface area contributed by atoms with Gasteiger partial charge in [0, 0.05) is 38.1 Å². The first-order chi connectivity index (χ1) is 8.86. The van der Waals surface area contributed by atoms with E-state index in [0.717, 1.165) is 31.6 Å². The van der Waals surface area contributed by atoms with Crippen LogP contribution in [0.5, 0.6) is 0 Å². The molecule has 4 nitrogen and oxygen atoms in total. The molecular weight excluding hydrogens is 224 g/mol. The summed E-state index contributed by atoms with van der Waals surface area (Å²) in [5.74, 6) is 2.09. The van der Waals surface area contributed by atoms with Gasteiger partial charge in [0.1, 0.15) is 5.82 Å². The van der Waals surface area contributed by atoms with Crippen molar-refractivity contribution in [1.82, 2.24) is 19.8 Å². The molecule has 3 aliphatic heterocycles. The number of aryl methyl sites for hydroxylation is 1. The molecule has 4 heterocycles. The van der Waals surface area contributed by atoms with Crippen LogP contribution in [0.15, 0.2) is 12.4 Å². The van der Waals surface area contributed by atoms with Crippen LogP contribution in [-0.4, -0.2) is 40.1 Å². The molecule has 100 valence electrons. The van der Waals surface area contributed by atoms with Gasteiger partial charge in [0.2, 0.25) is 0 Å². The molecule has 3 aliphatic rings. The lowest BCUT2D eigenvalue weighted by Crippen LogP contribution is -2.43. The van der Waals surface area contributed by atoms with Crippen LogP contribution >= 0.6 is 0 Å². The van der Waals surface area contributed by atoms with E-state index >= 15 is 0 Å². The van der Waals surface area contributed by atoms with Crippen LogP contribution in [-0.2, 0) is 13.1 Å². The number of aromatic nitrogens is 2. The number of hydrogen-bond donors (Lipinski definition) is 1. The zero-order valence-electron chi connectivity index (χ0n) is 11.3. The smallest absolute Gasteiger partial charge is 0.122 e. The number of fused-ring (bicyclic) bond motifs is 4. The van der Waals surface area contributed by atoms with E-state index in [9.17, 15) is 0 Å². The summed E-state index contributed by atoms with van der Waals surface area (Å²) in [5.41, 5.74) is 0. The minimum atomic E-state index is 0.718. The van der Waals surface area contributed by atoms with Crippen molar-refractivity contribution in [1.29, 1.82) is 0 Å². The molecule has 0 aromatic carbocycles.